The smallest absolute Gasteiger partial charge is 0.152 e. The molecule has 0 saturated carbocycles. The van der Waals surface area contributed by atoms with E-state index in [9.17, 15) is 4.79 Å². The summed E-state index contributed by atoms with van der Waals surface area (Å²) >= 11 is 3.44. The van der Waals surface area contributed by atoms with Crippen LogP contribution < -0.4 is 4.90 Å². The molecule has 4 heteroatoms. The van der Waals surface area contributed by atoms with Crippen LogP contribution in [0.15, 0.2) is 59.2 Å². The summed E-state index contributed by atoms with van der Waals surface area (Å²) in [7, 11) is 2.04. The highest BCUT2D eigenvalue weighted by atomic mass is 79.9. The van der Waals surface area contributed by atoms with Crippen LogP contribution in [0, 0.1) is 0 Å². The van der Waals surface area contributed by atoms with Gasteiger partial charge in [0.2, 0.25) is 0 Å². The number of hydrogen-bond donors (Lipinski definition) is 0. The Bertz CT molecular complexity index is 777. The van der Waals surface area contributed by atoms with Gasteiger partial charge in [0.05, 0.1) is 12.2 Å². The molecule has 0 unspecified atom stereocenters. The molecule has 0 N–H and O–H groups in total. The molecule has 1 aromatic heterocycles. The Morgan fingerprint density at radius 2 is 1.86 bits per heavy atom. The Morgan fingerprint density at radius 3 is 2.57 bits per heavy atom. The zero-order chi connectivity index (χ0) is 14.8. The predicted molar refractivity (Wildman–Crippen MR) is 89.9 cm³/mol. The molecule has 0 amide bonds. The van der Waals surface area contributed by atoms with Crippen molar-refractivity contribution >= 4 is 38.8 Å². The van der Waals surface area contributed by atoms with Crippen LogP contribution in [0.2, 0.25) is 0 Å². The largest absolute Gasteiger partial charge is 0.357 e. The normalized spacial score (nSPS) is 10.8. The van der Waals surface area contributed by atoms with Crippen LogP contribution in [0.4, 0.5) is 5.69 Å². The van der Waals surface area contributed by atoms with Crippen molar-refractivity contribution < 1.29 is 4.79 Å². The van der Waals surface area contributed by atoms with Crippen molar-refractivity contribution in [3.63, 3.8) is 0 Å². The molecule has 2 aromatic carbocycles. The van der Waals surface area contributed by atoms with Crippen LogP contribution in [0.1, 0.15) is 10.4 Å². The molecule has 0 fully saturated rings. The number of hydrogen-bond acceptors (Lipinski definition) is 2. The maximum atomic E-state index is 11.2. The molecular weight excluding hydrogens is 328 g/mol. The zero-order valence-corrected chi connectivity index (χ0v) is 13.2. The fraction of sp³-hybridized carbons (Fsp3) is 0.118. The van der Waals surface area contributed by atoms with Gasteiger partial charge in [-0.25, -0.2) is 0 Å². The summed E-state index contributed by atoms with van der Waals surface area (Å²) in [4.78, 5) is 13.3. The number of benzene rings is 2. The molecule has 0 saturated heterocycles. The number of fused-ring (bicyclic) bond motifs is 1. The molecule has 0 aliphatic carbocycles. The monoisotopic (exact) mass is 342 g/mol. The number of nitrogens with zero attached hydrogens (tertiary/aromatic N) is 2. The van der Waals surface area contributed by atoms with Crippen LogP contribution in [-0.2, 0) is 6.67 Å². The minimum atomic E-state index is 0.690. The summed E-state index contributed by atoms with van der Waals surface area (Å²) in [6.07, 6.45) is 2.82. The molecular formula is C17H15BrN2O. The lowest BCUT2D eigenvalue weighted by Gasteiger charge is -2.20. The van der Waals surface area contributed by atoms with Crippen molar-refractivity contribution in [1.82, 2.24) is 4.57 Å². The maximum Gasteiger partial charge on any atom is 0.152 e. The molecule has 0 radical (unpaired) electrons. The Hall–Kier alpha value is -2.07. The van der Waals surface area contributed by atoms with E-state index < -0.39 is 0 Å². The molecule has 0 aliphatic rings. The highest BCUT2D eigenvalue weighted by Crippen LogP contribution is 2.22. The van der Waals surface area contributed by atoms with Gasteiger partial charge in [-0.2, -0.15) is 0 Å². The van der Waals surface area contributed by atoms with Gasteiger partial charge in [0.25, 0.3) is 0 Å². The number of halogens is 1. The second-order valence-electron chi connectivity index (χ2n) is 5.01. The van der Waals surface area contributed by atoms with Gasteiger partial charge in [-0.05, 0) is 30.3 Å². The highest BCUT2D eigenvalue weighted by Gasteiger charge is 2.09. The summed E-state index contributed by atoms with van der Waals surface area (Å²) in [6.45, 7) is 0.690. The fourth-order valence-corrected chi connectivity index (χ4v) is 2.76. The maximum absolute atomic E-state index is 11.2. The number of aromatic nitrogens is 1. The van der Waals surface area contributed by atoms with E-state index in [1.54, 1.807) is 0 Å². The second-order valence-corrected chi connectivity index (χ2v) is 5.92. The van der Waals surface area contributed by atoms with Crippen molar-refractivity contribution in [2.24, 2.45) is 0 Å². The third-order valence-corrected chi connectivity index (χ3v) is 4.11. The van der Waals surface area contributed by atoms with E-state index >= 15 is 0 Å². The Labute approximate surface area is 131 Å². The molecule has 3 nitrogen and oxygen atoms in total. The van der Waals surface area contributed by atoms with Crippen LogP contribution in [0.25, 0.3) is 10.9 Å². The molecule has 106 valence electrons. The third-order valence-electron chi connectivity index (χ3n) is 3.58. The summed E-state index contributed by atoms with van der Waals surface area (Å²) in [5.74, 6) is 0. The Kier molecular flexibility index (Phi) is 3.80. The molecule has 1 heterocycles. The van der Waals surface area contributed by atoms with Crippen molar-refractivity contribution in [3.05, 3.63) is 64.8 Å². The lowest BCUT2D eigenvalue weighted by Crippen LogP contribution is -2.20. The minimum absolute atomic E-state index is 0.690. The van der Waals surface area contributed by atoms with E-state index in [0.29, 0.717) is 6.67 Å². The topological polar surface area (TPSA) is 25.2 Å². The number of para-hydroxylation sites is 1. The van der Waals surface area contributed by atoms with Crippen molar-refractivity contribution in [3.8, 4) is 0 Å². The lowest BCUT2D eigenvalue weighted by molar-refractivity contribution is 0.112. The first-order valence-corrected chi connectivity index (χ1v) is 7.48. The lowest BCUT2D eigenvalue weighted by atomic mass is 10.2. The van der Waals surface area contributed by atoms with Gasteiger partial charge in [-0.3, -0.25) is 4.79 Å². The minimum Gasteiger partial charge on any atom is -0.357 e. The summed E-state index contributed by atoms with van der Waals surface area (Å²) in [5, 5.41) is 0.997. The molecule has 0 spiro atoms. The van der Waals surface area contributed by atoms with Crippen LogP contribution >= 0.6 is 15.9 Å². The van der Waals surface area contributed by atoms with Crippen molar-refractivity contribution in [2.45, 2.75) is 6.67 Å². The van der Waals surface area contributed by atoms with E-state index in [4.69, 9.17) is 0 Å². The summed E-state index contributed by atoms with van der Waals surface area (Å²) in [5.41, 5.74) is 2.93. The van der Waals surface area contributed by atoms with Crippen LogP contribution in [0.5, 0.6) is 0 Å². The van der Waals surface area contributed by atoms with Gasteiger partial charge < -0.3 is 9.47 Å². The summed E-state index contributed by atoms with van der Waals surface area (Å²) in [6, 6.07) is 16.2. The van der Waals surface area contributed by atoms with Gasteiger partial charge in [0.1, 0.15) is 0 Å². The zero-order valence-electron chi connectivity index (χ0n) is 11.7. The van der Waals surface area contributed by atoms with Crippen molar-refractivity contribution in [1.29, 1.82) is 0 Å². The molecule has 0 atom stereocenters. The molecule has 0 bridgehead atoms. The third kappa shape index (κ3) is 2.72. The van der Waals surface area contributed by atoms with Crippen LogP contribution in [-0.4, -0.2) is 17.9 Å². The van der Waals surface area contributed by atoms with Gasteiger partial charge >= 0.3 is 0 Å². The average Bonchev–Trinajstić information content (AvgIpc) is 2.86. The van der Waals surface area contributed by atoms with E-state index in [1.165, 1.54) is 0 Å². The number of anilines is 1. The van der Waals surface area contributed by atoms with Gasteiger partial charge in [-0.15, -0.1) is 0 Å². The Balaban J connectivity index is 1.94. The summed E-state index contributed by atoms with van der Waals surface area (Å²) < 4.78 is 3.16. The van der Waals surface area contributed by atoms with Gasteiger partial charge in [0, 0.05) is 34.4 Å². The second kappa shape index (κ2) is 5.74. The van der Waals surface area contributed by atoms with E-state index in [0.717, 1.165) is 32.9 Å². The van der Waals surface area contributed by atoms with Gasteiger partial charge in [0.15, 0.2) is 6.29 Å². The Morgan fingerprint density at radius 1 is 1.14 bits per heavy atom. The first-order valence-electron chi connectivity index (χ1n) is 6.69. The predicted octanol–water partition coefficient (Wildman–Crippen LogP) is 4.31. The fourth-order valence-electron chi connectivity index (χ4n) is 2.49. The quantitative estimate of drug-likeness (QED) is 0.660. The van der Waals surface area contributed by atoms with Crippen molar-refractivity contribution in [2.75, 3.05) is 11.9 Å². The van der Waals surface area contributed by atoms with Gasteiger partial charge in [-0.1, -0.05) is 34.1 Å². The van der Waals surface area contributed by atoms with E-state index in [1.807, 2.05) is 49.6 Å². The number of carbonyl (C=O) groups excluding carboxylic acids is 1. The number of rotatable bonds is 4. The molecule has 3 rings (SSSR count). The van der Waals surface area contributed by atoms with Crippen LogP contribution in [0.3, 0.4) is 0 Å². The molecule has 21 heavy (non-hydrogen) atoms. The number of carbonyl (C=O) groups is 1. The first kappa shape index (κ1) is 13.9. The SMILES string of the molecule is CN(Cn1cc(C=O)c2ccccc21)c1ccc(Br)cc1. The van der Waals surface area contributed by atoms with E-state index in [-0.39, 0.29) is 0 Å². The molecule has 0 aliphatic heterocycles. The standard InChI is InChI=1S/C17H15BrN2O/c1-19(15-8-6-14(18)7-9-15)12-20-10-13(11-21)16-4-2-3-5-17(16)20/h2-11H,12H2,1H3. The highest BCUT2D eigenvalue weighted by molar-refractivity contribution is 9.10. The molecule has 3 aromatic rings. The first-order chi connectivity index (χ1) is 10.2. The average molecular weight is 343 g/mol. The van der Waals surface area contributed by atoms with E-state index in [2.05, 4.69) is 37.5 Å². The number of aldehydes is 1.